The molecule has 0 aromatic carbocycles. The van der Waals surface area contributed by atoms with Crippen LogP contribution in [0.15, 0.2) is 0 Å². The van der Waals surface area contributed by atoms with Gasteiger partial charge in [-0.05, 0) is 0 Å². The summed E-state index contributed by atoms with van der Waals surface area (Å²) in [5.74, 6) is 0. The number of ether oxygens (including phenoxy) is 2. The standard InChI is InChI=1S/C6H16NO5P/c7-1-2-10-3-4-11-5-6-12-13(8)9/h13H,1-7H2,(H,8,9). The molecule has 1 atom stereocenters. The van der Waals surface area contributed by atoms with Crippen molar-refractivity contribution in [3.8, 4) is 0 Å². The maximum atomic E-state index is 10.0. The molecule has 0 aliphatic rings. The molecule has 0 aromatic rings. The Morgan fingerprint density at radius 2 is 1.62 bits per heavy atom. The topological polar surface area (TPSA) is 91.0 Å². The number of hydrogen-bond donors (Lipinski definition) is 2. The van der Waals surface area contributed by atoms with E-state index in [9.17, 15) is 4.57 Å². The van der Waals surface area contributed by atoms with E-state index in [0.29, 0.717) is 33.0 Å². The second-order valence-corrected chi connectivity index (χ2v) is 2.95. The molecule has 0 bridgehead atoms. The number of nitrogens with two attached hydrogens (primary N) is 1. The predicted molar refractivity (Wildman–Crippen MR) is 47.9 cm³/mol. The molecule has 0 saturated carbocycles. The van der Waals surface area contributed by atoms with Crippen LogP contribution < -0.4 is 5.73 Å². The number of hydrogen-bond acceptors (Lipinski definition) is 5. The molecule has 0 aliphatic heterocycles. The largest absolute Gasteiger partial charge is 0.378 e. The minimum atomic E-state index is -2.81. The van der Waals surface area contributed by atoms with Crippen molar-refractivity contribution in [2.45, 2.75) is 0 Å². The summed E-state index contributed by atoms with van der Waals surface area (Å²) in [6.07, 6.45) is 0. The van der Waals surface area contributed by atoms with E-state index in [1.54, 1.807) is 0 Å². The van der Waals surface area contributed by atoms with Gasteiger partial charge in [-0.1, -0.05) is 0 Å². The van der Waals surface area contributed by atoms with Gasteiger partial charge in [-0.3, -0.25) is 4.57 Å². The highest BCUT2D eigenvalue weighted by molar-refractivity contribution is 7.32. The van der Waals surface area contributed by atoms with Crippen molar-refractivity contribution < 1.29 is 23.5 Å². The van der Waals surface area contributed by atoms with Gasteiger partial charge in [0.2, 0.25) is 0 Å². The second-order valence-electron chi connectivity index (χ2n) is 2.13. The maximum absolute atomic E-state index is 10.0. The van der Waals surface area contributed by atoms with Gasteiger partial charge in [-0.25, -0.2) is 0 Å². The van der Waals surface area contributed by atoms with E-state index < -0.39 is 8.25 Å². The molecule has 0 saturated heterocycles. The Kier molecular flexibility index (Phi) is 10.1. The monoisotopic (exact) mass is 213 g/mol. The summed E-state index contributed by atoms with van der Waals surface area (Å²) in [7, 11) is -2.81. The zero-order valence-corrected chi connectivity index (χ0v) is 8.40. The SMILES string of the molecule is NCCOCCOCCO[PH](=O)O. The Bertz CT molecular complexity index is 134. The fraction of sp³-hybridized carbons (Fsp3) is 1.00. The molecular weight excluding hydrogens is 197 g/mol. The first-order chi connectivity index (χ1) is 6.27. The Hall–Kier alpha value is 0.0300. The van der Waals surface area contributed by atoms with E-state index in [1.807, 2.05) is 0 Å². The van der Waals surface area contributed by atoms with E-state index in [0.717, 1.165) is 0 Å². The molecule has 0 heterocycles. The lowest BCUT2D eigenvalue weighted by Gasteiger charge is -2.04. The molecule has 6 nitrogen and oxygen atoms in total. The van der Waals surface area contributed by atoms with Gasteiger partial charge in [0.25, 0.3) is 0 Å². The summed E-state index contributed by atoms with van der Waals surface area (Å²) in [5.41, 5.74) is 5.18. The summed E-state index contributed by atoms with van der Waals surface area (Å²) < 4.78 is 24.4. The van der Waals surface area contributed by atoms with E-state index >= 15 is 0 Å². The first kappa shape index (κ1) is 13.0. The van der Waals surface area contributed by atoms with Crippen LogP contribution in [0.3, 0.4) is 0 Å². The molecule has 7 heteroatoms. The fourth-order valence-corrected chi connectivity index (χ4v) is 0.851. The molecule has 1 unspecified atom stereocenters. The second kappa shape index (κ2) is 10.1. The van der Waals surface area contributed by atoms with E-state index in [4.69, 9.17) is 20.1 Å². The normalized spacial score (nSPS) is 13.1. The van der Waals surface area contributed by atoms with Gasteiger partial charge >= 0.3 is 8.25 Å². The summed E-state index contributed by atoms with van der Waals surface area (Å²) in [5, 5.41) is 0. The third-order valence-corrected chi connectivity index (χ3v) is 1.54. The van der Waals surface area contributed by atoms with Gasteiger partial charge in [0.15, 0.2) is 0 Å². The Morgan fingerprint density at radius 1 is 1.08 bits per heavy atom. The van der Waals surface area contributed by atoms with Crippen LogP contribution in [0.1, 0.15) is 0 Å². The Morgan fingerprint density at radius 3 is 2.15 bits per heavy atom. The van der Waals surface area contributed by atoms with Crippen LogP contribution in [0.4, 0.5) is 0 Å². The van der Waals surface area contributed by atoms with Crippen molar-refractivity contribution in [2.24, 2.45) is 5.73 Å². The number of rotatable bonds is 9. The van der Waals surface area contributed by atoms with Crippen LogP contribution >= 0.6 is 8.25 Å². The summed E-state index contributed by atoms with van der Waals surface area (Å²) in [6, 6.07) is 0. The molecule has 0 rings (SSSR count). The van der Waals surface area contributed by atoms with Gasteiger partial charge < -0.3 is 24.6 Å². The minimum absolute atomic E-state index is 0.130. The molecule has 0 aliphatic carbocycles. The van der Waals surface area contributed by atoms with Crippen LogP contribution in [-0.4, -0.2) is 44.5 Å². The van der Waals surface area contributed by atoms with Crippen LogP contribution in [0.5, 0.6) is 0 Å². The molecule has 0 radical (unpaired) electrons. The van der Waals surface area contributed by atoms with Crippen molar-refractivity contribution in [1.29, 1.82) is 0 Å². The van der Waals surface area contributed by atoms with Crippen molar-refractivity contribution in [3.63, 3.8) is 0 Å². The first-order valence-electron chi connectivity index (χ1n) is 3.98. The quantitative estimate of drug-likeness (QED) is 0.391. The molecule has 0 amide bonds. The third-order valence-electron chi connectivity index (χ3n) is 1.09. The van der Waals surface area contributed by atoms with E-state index in [2.05, 4.69) is 4.52 Å². The lowest BCUT2D eigenvalue weighted by molar-refractivity contribution is 0.0384. The average molecular weight is 213 g/mol. The van der Waals surface area contributed by atoms with Crippen LogP contribution in [-0.2, 0) is 18.6 Å². The molecule has 0 spiro atoms. The van der Waals surface area contributed by atoms with Gasteiger partial charge in [0.05, 0.1) is 33.0 Å². The molecule has 0 aromatic heterocycles. The lowest BCUT2D eigenvalue weighted by atomic mass is 10.7. The van der Waals surface area contributed by atoms with Crippen molar-refractivity contribution in [2.75, 3.05) is 39.6 Å². The van der Waals surface area contributed by atoms with Crippen LogP contribution in [0.2, 0.25) is 0 Å². The van der Waals surface area contributed by atoms with Gasteiger partial charge in [0.1, 0.15) is 0 Å². The molecule has 13 heavy (non-hydrogen) atoms. The van der Waals surface area contributed by atoms with Gasteiger partial charge in [-0.15, -0.1) is 0 Å². The van der Waals surface area contributed by atoms with Gasteiger partial charge in [-0.2, -0.15) is 0 Å². The highest BCUT2D eigenvalue weighted by Gasteiger charge is 1.92. The third kappa shape index (κ3) is 12.0. The van der Waals surface area contributed by atoms with Crippen LogP contribution in [0, 0.1) is 0 Å². The first-order valence-corrected chi connectivity index (χ1v) is 5.25. The molecule has 0 fully saturated rings. The summed E-state index contributed by atoms with van der Waals surface area (Å²) in [6.45, 7) is 2.36. The lowest BCUT2D eigenvalue weighted by Crippen LogP contribution is -2.13. The molecule has 80 valence electrons. The van der Waals surface area contributed by atoms with E-state index in [1.165, 1.54) is 0 Å². The fourth-order valence-electron chi connectivity index (χ4n) is 0.593. The van der Waals surface area contributed by atoms with Crippen molar-refractivity contribution in [3.05, 3.63) is 0 Å². The molecule has 3 N–H and O–H groups in total. The zero-order valence-electron chi connectivity index (χ0n) is 7.40. The molecular formula is C6H16NO5P. The average Bonchev–Trinajstić information content (AvgIpc) is 2.09. The predicted octanol–water partition coefficient (Wildman–Crippen LogP) is -0.623. The minimum Gasteiger partial charge on any atom is -0.378 e. The summed E-state index contributed by atoms with van der Waals surface area (Å²) in [4.78, 5) is 8.25. The van der Waals surface area contributed by atoms with E-state index in [-0.39, 0.29) is 6.61 Å². The van der Waals surface area contributed by atoms with Crippen molar-refractivity contribution in [1.82, 2.24) is 0 Å². The zero-order chi connectivity index (χ0) is 9.94. The Balaban J connectivity index is 2.87. The van der Waals surface area contributed by atoms with Crippen molar-refractivity contribution >= 4 is 8.25 Å². The summed E-state index contributed by atoms with van der Waals surface area (Å²) >= 11 is 0. The maximum Gasteiger partial charge on any atom is 0.316 e. The highest BCUT2D eigenvalue weighted by Crippen LogP contribution is 2.12. The highest BCUT2D eigenvalue weighted by atomic mass is 31.1. The van der Waals surface area contributed by atoms with Gasteiger partial charge in [0, 0.05) is 6.54 Å². The smallest absolute Gasteiger partial charge is 0.316 e. The van der Waals surface area contributed by atoms with Crippen LogP contribution in [0.25, 0.3) is 0 Å². The Labute approximate surface area is 77.9 Å².